The first-order valence-corrected chi connectivity index (χ1v) is 13.5. The van der Waals surface area contributed by atoms with Gasteiger partial charge in [-0.1, -0.05) is 12.5 Å². The molecule has 1 saturated heterocycles. The van der Waals surface area contributed by atoms with Crippen molar-refractivity contribution < 1.29 is 26.0 Å². The number of nitrogens with zero attached hydrogens (tertiary/aromatic N) is 1. The second-order valence-corrected chi connectivity index (χ2v) is 11.7. The molecule has 1 aromatic heterocycles. The van der Waals surface area contributed by atoms with Crippen molar-refractivity contribution in [3.8, 4) is 5.75 Å². The van der Waals surface area contributed by atoms with Crippen LogP contribution in [-0.4, -0.2) is 46.9 Å². The summed E-state index contributed by atoms with van der Waals surface area (Å²) in [6, 6.07) is 6.47. The van der Waals surface area contributed by atoms with E-state index in [4.69, 9.17) is 4.74 Å². The van der Waals surface area contributed by atoms with Gasteiger partial charge in [-0.25, -0.2) is 25.9 Å². The first-order chi connectivity index (χ1) is 14.3. The Labute approximate surface area is 181 Å². The van der Waals surface area contributed by atoms with E-state index in [0.29, 0.717) is 23.6 Å². The number of nitrogens with one attached hydrogen (secondary N) is 1. The van der Waals surface area contributed by atoms with E-state index in [-0.39, 0.29) is 29.8 Å². The van der Waals surface area contributed by atoms with Gasteiger partial charge in [-0.05, 0) is 55.8 Å². The van der Waals surface area contributed by atoms with Crippen LogP contribution in [0.4, 0.5) is 4.39 Å². The Kier molecular flexibility index (Phi) is 7.51. The zero-order valence-electron chi connectivity index (χ0n) is 16.6. The van der Waals surface area contributed by atoms with Gasteiger partial charge in [-0.2, -0.15) is 4.31 Å². The molecule has 1 aromatic carbocycles. The molecule has 0 bridgehead atoms. The molecule has 30 heavy (non-hydrogen) atoms. The van der Waals surface area contributed by atoms with Crippen LogP contribution >= 0.6 is 11.3 Å². The third-order valence-electron chi connectivity index (χ3n) is 4.91. The maximum Gasteiger partial charge on any atom is 0.252 e. The molecule has 0 saturated carbocycles. The van der Waals surface area contributed by atoms with E-state index in [1.54, 1.807) is 24.4 Å². The van der Waals surface area contributed by atoms with Crippen LogP contribution in [0.5, 0.6) is 5.75 Å². The SMILES string of the molecule is CCOc1ccc(S(=O)(=O)NCCC2CCCCN2S(=O)(=O)c2cccs2)cc1F. The van der Waals surface area contributed by atoms with Crippen molar-refractivity contribution in [3.05, 3.63) is 41.5 Å². The number of halogens is 1. The van der Waals surface area contributed by atoms with Crippen LogP contribution in [0, 0.1) is 5.82 Å². The number of ether oxygens (including phenoxy) is 1. The highest BCUT2D eigenvalue weighted by Crippen LogP contribution is 2.29. The summed E-state index contributed by atoms with van der Waals surface area (Å²) in [7, 11) is -7.51. The van der Waals surface area contributed by atoms with Gasteiger partial charge in [0, 0.05) is 19.1 Å². The van der Waals surface area contributed by atoms with E-state index in [1.165, 1.54) is 27.8 Å². The molecule has 0 radical (unpaired) electrons. The number of piperidine rings is 1. The zero-order chi connectivity index (χ0) is 21.8. The maximum atomic E-state index is 14.0. The van der Waals surface area contributed by atoms with Gasteiger partial charge in [0.1, 0.15) is 4.21 Å². The first-order valence-electron chi connectivity index (χ1n) is 9.73. The highest BCUT2D eigenvalue weighted by atomic mass is 32.2. The lowest BCUT2D eigenvalue weighted by Crippen LogP contribution is -2.44. The molecule has 1 unspecified atom stereocenters. The molecule has 1 atom stereocenters. The summed E-state index contributed by atoms with van der Waals surface area (Å²) in [6.45, 7) is 2.45. The standard InChI is InChI=1S/C19H25FN2O5S3/c1-2-27-18-9-8-16(14-17(18)20)29(23,24)21-11-10-15-6-3-4-12-22(15)30(25,26)19-7-5-13-28-19/h5,7-9,13-15,21H,2-4,6,10-12H2,1H3. The Balaban J connectivity index is 1.66. The van der Waals surface area contributed by atoms with Crippen LogP contribution < -0.4 is 9.46 Å². The van der Waals surface area contributed by atoms with E-state index in [0.717, 1.165) is 18.9 Å². The monoisotopic (exact) mass is 476 g/mol. The van der Waals surface area contributed by atoms with Gasteiger partial charge in [-0.3, -0.25) is 0 Å². The van der Waals surface area contributed by atoms with E-state index < -0.39 is 25.9 Å². The number of hydrogen-bond donors (Lipinski definition) is 1. The average molecular weight is 477 g/mol. The topological polar surface area (TPSA) is 92.8 Å². The largest absolute Gasteiger partial charge is 0.491 e. The second kappa shape index (κ2) is 9.73. The third kappa shape index (κ3) is 5.20. The summed E-state index contributed by atoms with van der Waals surface area (Å²) in [5.41, 5.74) is 0. The van der Waals surface area contributed by atoms with Crippen LogP contribution in [0.2, 0.25) is 0 Å². The van der Waals surface area contributed by atoms with Crippen molar-refractivity contribution in [2.75, 3.05) is 19.7 Å². The van der Waals surface area contributed by atoms with Gasteiger partial charge in [-0.15, -0.1) is 11.3 Å². The van der Waals surface area contributed by atoms with Crippen LogP contribution in [0.15, 0.2) is 44.8 Å². The molecule has 1 N–H and O–H groups in total. The third-order valence-corrected chi connectivity index (χ3v) is 9.70. The van der Waals surface area contributed by atoms with E-state index in [9.17, 15) is 21.2 Å². The predicted octanol–water partition coefficient (Wildman–Crippen LogP) is 3.20. The van der Waals surface area contributed by atoms with Crippen molar-refractivity contribution in [1.29, 1.82) is 0 Å². The molecule has 2 aromatic rings. The van der Waals surface area contributed by atoms with E-state index in [1.807, 2.05) is 0 Å². The molecule has 1 aliphatic heterocycles. The molecule has 0 spiro atoms. The van der Waals surface area contributed by atoms with Crippen molar-refractivity contribution in [3.63, 3.8) is 0 Å². The minimum absolute atomic E-state index is 0.00641. The summed E-state index contributed by atoms with van der Waals surface area (Å²) in [4.78, 5) is -0.199. The molecule has 1 fully saturated rings. The van der Waals surface area contributed by atoms with Gasteiger partial charge >= 0.3 is 0 Å². The number of rotatable bonds is 9. The number of sulfonamides is 2. The Hall–Kier alpha value is -1.53. The fourth-order valence-corrected chi connectivity index (χ4v) is 7.37. The Morgan fingerprint density at radius 2 is 2.03 bits per heavy atom. The normalized spacial score (nSPS) is 18.4. The van der Waals surface area contributed by atoms with Crippen LogP contribution in [0.1, 0.15) is 32.6 Å². The van der Waals surface area contributed by atoms with Crippen molar-refractivity contribution in [2.24, 2.45) is 0 Å². The summed E-state index contributed by atoms with van der Waals surface area (Å²) < 4.78 is 74.2. The average Bonchev–Trinajstić information content (AvgIpc) is 3.25. The van der Waals surface area contributed by atoms with Crippen molar-refractivity contribution >= 4 is 31.4 Å². The summed E-state index contributed by atoms with van der Waals surface area (Å²) in [5.74, 6) is -0.756. The van der Waals surface area contributed by atoms with Gasteiger partial charge in [0.05, 0.1) is 11.5 Å². The quantitative estimate of drug-likeness (QED) is 0.600. The van der Waals surface area contributed by atoms with Crippen molar-refractivity contribution in [2.45, 2.75) is 47.8 Å². The second-order valence-electron chi connectivity index (χ2n) is 6.91. The smallest absolute Gasteiger partial charge is 0.252 e. The zero-order valence-corrected chi connectivity index (χ0v) is 19.0. The van der Waals surface area contributed by atoms with Crippen LogP contribution in [0.3, 0.4) is 0 Å². The molecule has 11 heteroatoms. The molecule has 2 heterocycles. The lowest BCUT2D eigenvalue weighted by molar-refractivity contribution is 0.242. The highest BCUT2D eigenvalue weighted by molar-refractivity contribution is 7.91. The highest BCUT2D eigenvalue weighted by Gasteiger charge is 2.34. The minimum atomic E-state index is -3.92. The lowest BCUT2D eigenvalue weighted by atomic mass is 10.0. The van der Waals surface area contributed by atoms with E-state index >= 15 is 0 Å². The molecular formula is C19H25FN2O5S3. The number of hydrogen-bond acceptors (Lipinski definition) is 6. The Morgan fingerprint density at radius 1 is 1.23 bits per heavy atom. The lowest BCUT2D eigenvalue weighted by Gasteiger charge is -2.34. The fraction of sp³-hybridized carbons (Fsp3) is 0.474. The molecule has 0 aliphatic carbocycles. The van der Waals surface area contributed by atoms with Gasteiger partial charge in [0.2, 0.25) is 10.0 Å². The molecule has 1 aliphatic rings. The summed E-state index contributed by atoms with van der Waals surface area (Å²) >= 11 is 1.17. The maximum absolute atomic E-state index is 14.0. The Morgan fingerprint density at radius 3 is 2.70 bits per heavy atom. The first kappa shape index (κ1) is 23.1. The predicted molar refractivity (Wildman–Crippen MR) is 113 cm³/mol. The van der Waals surface area contributed by atoms with E-state index in [2.05, 4.69) is 4.72 Å². The molecule has 166 valence electrons. The number of benzene rings is 1. The number of thiophene rings is 1. The van der Waals surface area contributed by atoms with Gasteiger partial charge in [0.25, 0.3) is 10.0 Å². The summed E-state index contributed by atoms with van der Waals surface area (Å²) in [6.07, 6.45) is 2.67. The molecule has 3 rings (SSSR count). The van der Waals surface area contributed by atoms with Crippen LogP contribution in [-0.2, 0) is 20.0 Å². The molecule has 0 amide bonds. The van der Waals surface area contributed by atoms with Gasteiger partial charge in [0.15, 0.2) is 11.6 Å². The minimum Gasteiger partial charge on any atom is -0.491 e. The van der Waals surface area contributed by atoms with Crippen molar-refractivity contribution in [1.82, 2.24) is 9.03 Å². The van der Waals surface area contributed by atoms with Crippen LogP contribution in [0.25, 0.3) is 0 Å². The summed E-state index contributed by atoms with van der Waals surface area (Å²) in [5, 5.41) is 1.72. The Bertz CT molecular complexity index is 1060. The molecular weight excluding hydrogens is 451 g/mol. The molecule has 7 nitrogen and oxygen atoms in total. The van der Waals surface area contributed by atoms with Gasteiger partial charge < -0.3 is 4.74 Å². The fourth-order valence-electron chi connectivity index (χ4n) is 3.47.